The monoisotopic (exact) mass is 547 g/mol. The van der Waals surface area contributed by atoms with Crippen molar-refractivity contribution in [1.82, 2.24) is 20.0 Å². The van der Waals surface area contributed by atoms with E-state index in [2.05, 4.69) is 5.10 Å². The fourth-order valence-electron chi connectivity index (χ4n) is 3.42. The van der Waals surface area contributed by atoms with Crippen LogP contribution in [0.2, 0.25) is 0 Å². The lowest BCUT2D eigenvalue weighted by Crippen LogP contribution is -2.60. The van der Waals surface area contributed by atoms with Crippen LogP contribution < -0.4 is 11.1 Å². The molecule has 1 heterocycles. The van der Waals surface area contributed by atoms with Gasteiger partial charge in [0, 0.05) is 6.54 Å². The molecule has 204 valence electrons. The van der Waals surface area contributed by atoms with Crippen LogP contribution in [-0.4, -0.2) is 69.7 Å². The number of rotatable bonds is 9. The lowest BCUT2D eigenvalue weighted by Gasteiger charge is -2.35. The Morgan fingerprint density at radius 2 is 1.66 bits per heavy atom. The highest BCUT2D eigenvalue weighted by molar-refractivity contribution is 5.98. The van der Waals surface area contributed by atoms with E-state index in [0.717, 1.165) is 29.1 Å². The highest BCUT2D eigenvalue weighted by Gasteiger charge is 2.55. The summed E-state index contributed by atoms with van der Waals surface area (Å²) in [6.07, 6.45) is -4.58. The van der Waals surface area contributed by atoms with Gasteiger partial charge in [-0.05, 0) is 36.4 Å². The number of hydrogen-bond donors (Lipinski definition) is 3. The van der Waals surface area contributed by atoms with Crippen molar-refractivity contribution in [1.29, 1.82) is 0 Å². The minimum absolute atomic E-state index is 0.0854. The van der Waals surface area contributed by atoms with Crippen LogP contribution in [0.1, 0.15) is 20.7 Å². The molecular weight excluding hydrogens is 527 g/mol. The number of aliphatic hydroxyl groups is 1. The van der Waals surface area contributed by atoms with E-state index in [4.69, 9.17) is 5.73 Å². The van der Waals surface area contributed by atoms with Crippen LogP contribution in [0.5, 0.6) is 0 Å². The summed E-state index contributed by atoms with van der Waals surface area (Å²) in [5, 5.41) is 16.1. The molecule has 0 radical (unpaired) electrons. The molecule has 38 heavy (non-hydrogen) atoms. The van der Waals surface area contributed by atoms with Crippen LogP contribution in [0, 0.1) is 17.5 Å². The molecule has 0 spiro atoms. The molecule has 15 heteroatoms. The van der Waals surface area contributed by atoms with Gasteiger partial charge in [-0.3, -0.25) is 9.59 Å². The van der Waals surface area contributed by atoms with Crippen molar-refractivity contribution in [3.05, 3.63) is 77.2 Å². The Balaban J connectivity index is 1.83. The summed E-state index contributed by atoms with van der Waals surface area (Å²) in [6.45, 7) is -5.67. The van der Waals surface area contributed by atoms with Crippen LogP contribution >= 0.6 is 0 Å². The summed E-state index contributed by atoms with van der Waals surface area (Å²) in [4.78, 5) is 25.3. The Kier molecular flexibility index (Phi) is 8.29. The largest absolute Gasteiger partial charge is 0.420 e. The number of nitrogens with zero attached hydrogens (tertiary/aromatic N) is 3. The molecular formula is C23H20F7N5O3. The Morgan fingerprint density at radius 1 is 1.05 bits per heavy atom. The van der Waals surface area contributed by atoms with E-state index >= 15 is 0 Å². The van der Waals surface area contributed by atoms with Crippen molar-refractivity contribution < 1.29 is 45.4 Å². The van der Waals surface area contributed by atoms with Crippen LogP contribution in [0.15, 0.2) is 48.7 Å². The first kappa shape index (κ1) is 28.4. The molecule has 0 aliphatic heterocycles. The molecule has 0 fully saturated rings. The summed E-state index contributed by atoms with van der Waals surface area (Å²) in [5.74, 6) is -6.55. The number of alkyl halides is 4. The number of nitrogen functional groups attached to an aromatic ring is 1. The maximum atomic E-state index is 14.0. The predicted molar refractivity (Wildman–Crippen MR) is 120 cm³/mol. The van der Waals surface area contributed by atoms with Crippen molar-refractivity contribution in [2.24, 2.45) is 0 Å². The third-order valence-corrected chi connectivity index (χ3v) is 5.46. The number of aromatic nitrogens is 2. The van der Waals surface area contributed by atoms with Crippen molar-refractivity contribution >= 4 is 17.6 Å². The van der Waals surface area contributed by atoms with E-state index in [-0.39, 0.29) is 16.4 Å². The molecule has 0 aliphatic carbocycles. The molecule has 1 aromatic heterocycles. The second-order valence-corrected chi connectivity index (χ2v) is 8.06. The van der Waals surface area contributed by atoms with Gasteiger partial charge in [0.25, 0.3) is 11.8 Å². The van der Waals surface area contributed by atoms with Crippen molar-refractivity contribution in [2.75, 3.05) is 32.0 Å². The van der Waals surface area contributed by atoms with Gasteiger partial charge in [0.2, 0.25) is 0 Å². The first-order valence-corrected chi connectivity index (χ1v) is 10.7. The molecule has 0 saturated heterocycles. The molecule has 0 saturated carbocycles. The Morgan fingerprint density at radius 3 is 2.21 bits per heavy atom. The second-order valence-electron chi connectivity index (χ2n) is 8.06. The zero-order valence-corrected chi connectivity index (χ0v) is 19.3. The molecule has 2 amide bonds. The number of carbonyl (C=O) groups is 2. The summed E-state index contributed by atoms with van der Waals surface area (Å²) in [7, 11) is 0. The summed E-state index contributed by atoms with van der Waals surface area (Å²) in [6, 6.07) is 6.98. The van der Waals surface area contributed by atoms with Crippen LogP contribution in [-0.2, 0) is 0 Å². The molecule has 1 atom stereocenters. The van der Waals surface area contributed by atoms with Gasteiger partial charge < -0.3 is 21.1 Å². The van der Waals surface area contributed by atoms with Crippen molar-refractivity contribution in [3.8, 4) is 5.69 Å². The number of nitrogens with one attached hydrogen (secondary N) is 1. The zero-order chi connectivity index (χ0) is 28.3. The maximum Gasteiger partial charge on any atom is 0.420 e. The van der Waals surface area contributed by atoms with Gasteiger partial charge in [0.05, 0.1) is 25.0 Å². The van der Waals surface area contributed by atoms with E-state index in [1.54, 1.807) is 0 Å². The number of benzene rings is 2. The van der Waals surface area contributed by atoms with Gasteiger partial charge in [0.1, 0.15) is 41.1 Å². The predicted octanol–water partition coefficient (Wildman–Crippen LogP) is 3.01. The number of anilines is 1. The number of nitrogens with two attached hydrogens (primary N) is 1. The topological polar surface area (TPSA) is 113 Å². The van der Waals surface area contributed by atoms with Crippen molar-refractivity contribution in [2.45, 2.75) is 11.8 Å². The normalized spacial score (nSPS) is 13.2. The molecule has 0 bridgehead atoms. The van der Waals surface area contributed by atoms with E-state index in [1.165, 1.54) is 12.1 Å². The third kappa shape index (κ3) is 5.88. The molecule has 3 aromatic rings. The van der Waals surface area contributed by atoms with E-state index < -0.39 is 78.5 Å². The summed E-state index contributed by atoms with van der Waals surface area (Å²) >= 11 is 0. The number of halogens is 7. The van der Waals surface area contributed by atoms with E-state index in [0.29, 0.717) is 12.1 Å². The van der Waals surface area contributed by atoms with Gasteiger partial charge in [-0.25, -0.2) is 22.2 Å². The first-order chi connectivity index (χ1) is 17.8. The fraction of sp³-hybridized carbons (Fsp3) is 0.261. The van der Waals surface area contributed by atoms with Gasteiger partial charge >= 0.3 is 6.18 Å². The second kappa shape index (κ2) is 11.1. The van der Waals surface area contributed by atoms with Crippen LogP contribution in [0.4, 0.5) is 36.6 Å². The van der Waals surface area contributed by atoms with Crippen molar-refractivity contribution in [3.63, 3.8) is 0 Å². The Labute approximate surface area is 210 Å². The van der Waals surface area contributed by atoms with Gasteiger partial charge in [0.15, 0.2) is 5.60 Å². The Bertz CT molecular complexity index is 1290. The van der Waals surface area contributed by atoms with Gasteiger partial charge in [-0.1, -0.05) is 6.07 Å². The lowest BCUT2D eigenvalue weighted by atomic mass is 10.0. The zero-order valence-electron chi connectivity index (χ0n) is 19.3. The van der Waals surface area contributed by atoms with Crippen LogP contribution in [0.25, 0.3) is 5.69 Å². The molecule has 8 nitrogen and oxygen atoms in total. The maximum absolute atomic E-state index is 14.0. The third-order valence-electron chi connectivity index (χ3n) is 5.46. The smallest absolute Gasteiger partial charge is 0.383 e. The molecule has 4 N–H and O–H groups in total. The first-order valence-electron chi connectivity index (χ1n) is 10.7. The molecule has 0 aliphatic rings. The standard InChI is InChI=1S/C23H20F7N5O3/c24-8-9-34(21(37)18-16(26)2-1-3-17(18)27)12-22(38,23(28,29)30)11-32-20(36)15-10-33-35(19(15)31)14-6-4-13(25)5-7-14/h1-7,10,38H,8-9,11-12,31H2,(H,32,36). The van der Waals surface area contributed by atoms with Gasteiger partial charge in [-0.2, -0.15) is 18.3 Å². The molecule has 1 unspecified atom stereocenters. The quantitative estimate of drug-likeness (QED) is 0.357. The highest BCUT2D eigenvalue weighted by atomic mass is 19.4. The minimum atomic E-state index is -5.49. The van der Waals surface area contributed by atoms with E-state index in [1.807, 2.05) is 5.32 Å². The summed E-state index contributed by atoms with van der Waals surface area (Å²) in [5.41, 5.74) is 0.576. The highest BCUT2D eigenvalue weighted by Crippen LogP contribution is 2.32. The number of amides is 2. The SMILES string of the molecule is Nc1c(C(=O)NCC(O)(CN(CCF)C(=O)c2c(F)cccc2F)C(F)(F)F)cnn1-c1ccc(F)cc1. The molecule has 2 aromatic carbocycles. The molecule has 3 rings (SSSR count). The minimum Gasteiger partial charge on any atom is -0.383 e. The average Bonchev–Trinajstić information content (AvgIpc) is 3.23. The average molecular weight is 547 g/mol. The van der Waals surface area contributed by atoms with E-state index in [9.17, 15) is 45.4 Å². The number of carbonyl (C=O) groups excluding carboxylic acids is 2. The van der Waals surface area contributed by atoms with Gasteiger partial charge in [-0.15, -0.1) is 0 Å². The number of hydrogen-bond acceptors (Lipinski definition) is 5. The Hall–Kier alpha value is -4.14. The fourth-order valence-corrected chi connectivity index (χ4v) is 3.42. The van der Waals surface area contributed by atoms with Crippen LogP contribution in [0.3, 0.4) is 0 Å². The lowest BCUT2D eigenvalue weighted by molar-refractivity contribution is -0.260. The summed E-state index contributed by atoms with van der Waals surface area (Å²) < 4.78 is 96.9.